The molecule has 0 aliphatic heterocycles. The van der Waals surface area contributed by atoms with Gasteiger partial charge in [-0.3, -0.25) is 9.78 Å². The standard InChI is InChI=1S/C13H17N3O2S/c1-13(2,7-17)6-16-12(18)11-10(14)8-3-4-15-5-9(8)19-11/h3-5,17H,6-7,14H2,1-2H3,(H,16,18). The van der Waals surface area contributed by atoms with Gasteiger partial charge in [0.05, 0.1) is 10.4 Å². The molecule has 0 atom stereocenters. The highest BCUT2D eigenvalue weighted by Gasteiger charge is 2.21. The number of thiophene rings is 1. The molecule has 0 saturated carbocycles. The molecule has 6 heteroatoms. The smallest absolute Gasteiger partial charge is 0.263 e. The molecule has 1 amide bonds. The van der Waals surface area contributed by atoms with Crippen LogP contribution in [0.15, 0.2) is 18.5 Å². The Balaban J connectivity index is 2.20. The summed E-state index contributed by atoms with van der Waals surface area (Å²) in [6.45, 7) is 4.17. The molecule has 2 heterocycles. The highest BCUT2D eigenvalue weighted by atomic mass is 32.1. The van der Waals surface area contributed by atoms with Gasteiger partial charge in [0.25, 0.3) is 5.91 Å². The average molecular weight is 279 g/mol. The van der Waals surface area contributed by atoms with E-state index in [0.29, 0.717) is 17.1 Å². The second kappa shape index (κ2) is 5.14. The van der Waals surface area contributed by atoms with E-state index in [1.807, 2.05) is 13.8 Å². The Morgan fingerprint density at radius 3 is 2.95 bits per heavy atom. The van der Waals surface area contributed by atoms with Crippen molar-refractivity contribution < 1.29 is 9.90 Å². The number of carbonyl (C=O) groups is 1. The fraction of sp³-hybridized carbons (Fsp3) is 0.385. The summed E-state index contributed by atoms with van der Waals surface area (Å²) in [6, 6.07) is 1.80. The van der Waals surface area contributed by atoms with Crippen LogP contribution in [-0.2, 0) is 0 Å². The quantitative estimate of drug-likeness (QED) is 0.793. The van der Waals surface area contributed by atoms with Crippen LogP contribution in [0.25, 0.3) is 10.1 Å². The van der Waals surface area contributed by atoms with Gasteiger partial charge < -0.3 is 16.2 Å². The van der Waals surface area contributed by atoms with Crippen LogP contribution in [0.2, 0.25) is 0 Å². The number of fused-ring (bicyclic) bond motifs is 1. The number of aromatic nitrogens is 1. The van der Waals surface area contributed by atoms with Gasteiger partial charge in [-0.15, -0.1) is 11.3 Å². The molecule has 0 unspecified atom stereocenters. The topological polar surface area (TPSA) is 88.2 Å². The first-order chi connectivity index (χ1) is 8.94. The molecular weight excluding hydrogens is 262 g/mol. The van der Waals surface area contributed by atoms with Gasteiger partial charge in [0, 0.05) is 36.3 Å². The number of hydrogen-bond acceptors (Lipinski definition) is 5. The molecule has 0 aliphatic carbocycles. The number of pyridine rings is 1. The number of aliphatic hydroxyl groups excluding tert-OH is 1. The van der Waals surface area contributed by atoms with Crippen molar-refractivity contribution in [3.63, 3.8) is 0 Å². The summed E-state index contributed by atoms with van der Waals surface area (Å²) in [5.74, 6) is -0.208. The van der Waals surface area contributed by atoms with Crippen LogP contribution in [0.3, 0.4) is 0 Å². The van der Waals surface area contributed by atoms with E-state index >= 15 is 0 Å². The summed E-state index contributed by atoms with van der Waals surface area (Å²) in [5.41, 5.74) is 6.13. The number of nitrogen functional groups attached to an aromatic ring is 1. The lowest BCUT2D eigenvalue weighted by Crippen LogP contribution is -2.35. The first-order valence-electron chi connectivity index (χ1n) is 5.96. The minimum atomic E-state index is -0.345. The third-order valence-electron chi connectivity index (χ3n) is 2.89. The Kier molecular flexibility index (Phi) is 3.73. The third kappa shape index (κ3) is 2.85. The van der Waals surface area contributed by atoms with Crippen LogP contribution in [0.5, 0.6) is 0 Å². The SMILES string of the molecule is CC(C)(CO)CNC(=O)c1sc2cnccc2c1N. The van der Waals surface area contributed by atoms with E-state index in [4.69, 9.17) is 10.8 Å². The molecule has 0 aromatic carbocycles. The van der Waals surface area contributed by atoms with E-state index in [2.05, 4.69) is 10.3 Å². The zero-order valence-corrected chi connectivity index (χ0v) is 11.8. The predicted molar refractivity (Wildman–Crippen MR) is 77.2 cm³/mol. The zero-order valence-electron chi connectivity index (χ0n) is 10.9. The van der Waals surface area contributed by atoms with Gasteiger partial charge in [-0.05, 0) is 6.07 Å². The van der Waals surface area contributed by atoms with Gasteiger partial charge in [-0.1, -0.05) is 13.8 Å². The minimum absolute atomic E-state index is 0.0130. The van der Waals surface area contributed by atoms with Crippen molar-refractivity contribution >= 4 is 33.0 Å². The number of anilines is 1. The van der Waals surface area contributed by atoms with E-state index in [9.17, 15) is 4.79 Å². The van der Waals surface area contributed by atoms with Crippen molar-refractivity contribution in [3.05, 3.63) is 23.3 Å². The summed E-state index contributed by atoms with van der Waals surface area (Å²) in [6.07, 6.45) is 3.35. The number of nitrogens with zero attached hydrogens (tertiary/aromatic N) is 1. The van der Waals surface area contributed by atoms with Crippen molar-refractivity contribution in [2.45, 2.75) is 13.8 Å². The molecule has 19 heavy (non-hydrogen) atoms. The summed E-state index contributed by atoms with van der Waals surface area (Å²) in [4.78, 5) is 16.6. The van der Waals surface area contributed by atoms with Crippen molar-refractivity contribution in [2.24, 2.45) is 5.41 Å². The van der Waals surface area contributed by atoms with Crippen LogP contribution >= 0.6 is 11.3 Å². The summed E-state index contributed by atoms with van der Waals surface area (Å²) in [5, 5.41) is 12.8. The van der Waals surface area contributed by atoms with Gasteiger partial charge in [0.1, 0.15) is 4.88 Å². The fourth-order valence-electron chi connectivity index (χ4n) is 1.60. The maximum Gasteiger partial charge on any atom is 0.263 e. The molecule has 0 radical (unpaired) electrons. The van der Waals surface area contributed by atoms with E-state index in [1.54, 1.807) is 18.5 Å². The molecule has 4 N–H and O–H groups in total. The first kappa shape index (κ1) is 13.8. The fourth-order valence-corrected chi connectivity index (χ4v) is 2.60. The lowest BCUT2D eigenvalue weighted by Gasteiger charge is -2.21. The lowest BCUT2D eigenvalue weighted by atomic mass is 9.95. The number of aliphatic hydroxyl groups is 1. The molecule has 2 aromatic heterocycles. The Bertz CT molecular complexity index is 607. The number of hydrogen-bond donors (Lipinski definition) is 3. The maximum atomic E-state index is 12.1. The predicted octanol–water partition coefficient (Wildman–Crippen LogP) is 1.63. The molecular formula is C13H17N3O2S. The molecule has 0 bridgehead atoms. The molecule has 0 saturated heterocycles. The van der Waals surface area contributed by atoms with Crippen molar-refractivity contribution in [3.8, 4) is 0 Å². The van der Waals surface area contributed by atoms with Gasteiger partial charge in [0.15, 0.2) is 0 Å². The van der Waals surface area contributed by atoms with Crippen LogP contribution in [0.1, 0.15) is 23.5 Å². The largest absolute Gasteiger partial charge is 0.397 e. The molecule has 5 nitrogen and oxygen atoms in total. The number of amides is 1. The number of nitrogens with one attached hydrogen (secondary N) is 1. The second-order valence-corrected chi connectivity index (χ2v) is 6.27. The van der Waals surface area contributed by atoms with Gasteiger partial charge in [-0.25, -0.2) is 0 Å². The van der Waals surface area contributed by atoms with Crippen molar-refractivity contribution in [1.29, 1.82) is 0 Å². The van der Waals surface area contributed by atoms with Crippen molar-refractivity contribution in [1.82, 2.24) is 10.3 Å². The van der Waals surface area contributed by atoms with Crippen LogP contribution in [0.4, 0.5) is 5.69 Å². The Hall–Kier alpha value is -1.66. The summed E-state index contributed by atoms with van der Waals surface area (Å²) < 4.78 is 0.895. The van der Waals surface area contributed by atoms with Gasteiger partial charge in [-0.2, -0.15) is 0 Å². The number of rotatable bonds is 4. The maximum absolute atomic E-state index is 12.1. The molecule has 0 spiro atoms. The first-order valence-corrected chi connectivity index (χ1v) is 6.77. The number of carbonyl (C=O) groups excluding carboxylic acids is 1. The van der Waals surface area contributed by atoms with E-state index in [0.717, 1.165) is 10.1 Å². The molecule has 2 rings (SSSR count). The second-order valence-electron chi connectivity index (χ2n) is 5.22. The summed E-state index contributed by atoms with van der Waals surface area (Å²) in [7, 11) is 0. The third-order valence-corrected chi connectivity index (χ3v) is 4.05. The van der Waals surface area contributed by atoms with Gasteiger partial charge >= 0.3 is 0 Å². The molecule has 0 fully saturated rings. The Morgan fingerprint density at radius 2 is 2.32 bits per heavy atom. The van der Waals surface area contributed by atoms with Crippen LogP contribution in [0, 0.1) is 5.41 Å². The molecule has 0 aliphatic rings. The van der Waals surface area contributed by atoms with Gasteiger partial charge in [0.2, 0.25) is 0 Å². The normalized spacial score (nSPS) is 11.7. The highest BCUT2D eigenvalue weighted by Crippen LogP contribution is 2.32. The molecule has 2 aromatic rings. The lowest BCUT2D eigenvalue weighted by molar-refractivity contribution is 0.0916. The Labute approximate surface area is 115 Å². The average Bonchev–Trinajstić information content (AvgIpc) is 2.74. The molecule has 102 valence electrons. The monoisotopic (exact) mass is 279 g/mol. The van der Waals surface area contributed by atoms with Crippen LogP contribution < -0.4 is 11.1 Å². The summed E-state index contributed by atoms with van der Waals surface area (Å²) >= 11 is 1.33. The minimum Gasteiger partial charge on any atom is -0.397 e. The van der Waals surface area contributed by atoms with Crippen molar-refractivity contribution in [2.75, 3.05) is 18.9 Å². The zero-order chi connectivity index (χ0) is 14.0. The highest BCUT2D eigenvalue weighted by molar-refractivity contribution is 7.21. The van der Waals surface area contributed by atoms with E-state index < -0.39 is 0 Å². The number of nitrogens with two attached hydrogens (primary N) is 1. The van der Waals surface area contributed by atoms with Crippen LogP contribution in [-0.4, -0.2) is 29.1 Å². The van der Waals surface area contributed by atoms with E-state index in [1.165, 1.54) is 11.3 Å². The van der Waals surface area contributed by atoms with E-state index in [-0.39, 0.29) is 17.9 Å². The Morgan fingerprint density at radius 1 is 1.58 bits per heavy atom.